The number of benzene rings is 1. The summed E-state index contributed by atoms with van der Waals surface area (Å²) in [6.45, 7) is 3.72. The van der Waals surface area contributed by atoms with Crippen molar-refractivity contribution in [2.75, 3.05) is 25.5 Å². The molecule has 182 valence electrons. The molecule has 1 aliphatic rings. The van der Waals surface area contributed by atoms with Crippen LogP contribution in [-0.4, -0.2) is 39.7 Å². The molecule has 8 nitrogen and oxygen atoms in total. The number of rotatable bonds is 6. The van der Waals surface area contributed by atoms with Crippen molar-refractivity contribution in [2.24, 2.45) is 5.41 Å². The molecule has 0 saturated carbocycles. The third kappa shape index (κ3) is 4.43. The largest absolute Gasteiger partial charge is 0.357 e. The van der Waals surface area contributed by atoms with E-state index in [1.54, 1.807) is 23.9 Å². The number of anilines is 1. The van der Waals surface area contributed by atoms with Crippen LogP contribution in [-0.2, 0) is 6.54 Å². The highest BCUT2D eigenvalue weighted by atomic mass is 35.5. The predicted octanol–water partition coefficient (Wildman–Crippen LogP) is 4.42. The van der Waals surface area contributed by atoms with E-state index in [1.807, 2.05) is 43.3 Å². The molecule has 0 aliphatic carbocycles. The van der Waals surface area contributed by atoms with E-state index in [-0.39, 0.29) is 5.56 Å². The summed E-state index contributed by atoms with van der Waals surface area (Å²) in [5, 5.41) is 17.2. The molecule has 1 aliphatic heterocycles. The number of halogens is 1. The molecule has 4 aromatic rings. The molecule has 5 rings (SSSR count). The molecule has 3 aromatic heterocycles. The van der Waals surface area contributed by atoms with Crippen LogP contribution in [0.25, 0.3) is 33.4 Å². The SMILES string of the molecule is CNc1ncc2cc(-c3ccc(-c4cccc(C)n4)cc3Cl)c(=O)n(CCC3(C#N)CCNC3)c2n1. The molecule has 0 radical (unpaired) electrons. The van der Waals surface area contributed by atoms with Gasteiger partial charge in [-0.15, -0.1) is 0 Å². The average molecular weight is 500 g/mol. The summed E-state index contributed by atoms with van der Waals surface area (Å²) in [6.07, 6.45) is 3.00. The molecule has 1 unspecified atom stereocenters. The maximum atomic E-state index is 13.8. The lowest BCUT2D eigenvalue weighted by Gasteiger charge is -2.21. The van der Waals surface area contributed by atoms with Crippen LogP contribution in [0, 0.1) is 23.7 Å². The standard InChI is InChI=1S/C27H26ClN7O/c1-17-4-3-5-23(33-17)18-6-7-20(22(28)13-18)21-12-19-14-32-26(30-2)34-24(19)35(25(21)36)11-9-27(15-29)8-10-31-16-27/h3-7,12-14,31H,8-11,16H2,1-2H3,(H,30,32,34). The Kier molecular flexibility index (Phi) is 6.44. The summed E-state index contributed by atoms with van der Waals surface area (Å²) < 4.78 is 1.65. The predicted molar refractivity (Wildman–Crippen MR) is 142 cm³/mol. The van der Waals surface area contributed by atoms with Gasteiger partial charge in [-0.25, -0.2) is 4.98 Å². The number of nitrogens with one attached hydrogen (secondary N) is 2. The summed E-state index contributed by atoms with van der Waals surface area (Å²) in [5.74, 6) is 0.425. The van der Waals surface area contributed by atoms with Crippen LogP contribution in [0.1, 0.15) is 18.5 Å². The van der Waals surface area contributed by atoms with Crippen molar-refractivity contribution >= 4 is 28.6 Å². The third-order valence-electron chi connectivity index (χ3n) is 6.79. The second kappa shape index (κ2) is 9.69. The van der Waals surface area contributed by atoms with Crippen molar-refractivity contribution in [3.8, 4) is 28.5 Å². The van der Waals surface area contributed by atoms with Crippen molar-refractivity contribution in [1.29, 1.82) is 5.26 Å². The first-order chi connectivity index (χ1) is 17.4. The number of aryl methyl sites for hydroxylation is 2. The molecule has 0 amide bonds. The number of aromatic nitrogens is 4. The Labute approximate surface area is 214 Å². The first kappa shape index (κ1) is 23.9. The van der Waals surface area contributed by atoms with Gasteiger partial charge in [0.05, 0.1) is 17.2 Å². The van der Waals surface area contributed by atoms with Gasteiger partial charge in [0.1, 0.15) is 5.65 Å². The highest BCUT2D eigenvalue weighted by molar-refractivity contribution is 6.33. The first-order valence-corrected chi connectivity index (χ1v) is 12.3. The van der Waals surface area contributed by atoms with Crippen LogP contribution in [0.4, 0.5) is 5.95 Å². The van der Waals surface area contributed by atoms with Crippen LogP contribution < -0.4 is 16.2 Å². The Bertz CT molecular complexity index is 1550. The minimum absolute atomic E-state index is 0.203. The molecule has 0 spiro atoms. The first-order valence-electron chi connectivity index (χ1n) is 11.9. The average Bonchev–Trinajstić information content (AvgIpc) is 3.37. The normalized spacial score (nSPS) is 17.3. The lowest BCUT2D eigenvalue weighted by Crippen LogP contribution is -2.29. The van der Waals surface area contributed by atoms with Gasteiger partial charge in [-0.2, -0.15) is 10.2 Å². The number of pyridine rings is 2. The van der Waals surface area contributed by atoms with Gasteiger partial charge < -0.3 is 10.6 Å². The molecule has 1 saturated heterocycles. The van der Waals surface area contributed by atoms with E-state index >= 15 is 0 Å². The van der Waals surface area contributed by atoms with Crippen LogP contribution >= 0.6 is 11.6 Å². The molecule has 1 aromatic carbocycles. The minimum atomic E-state index is -0.499. The summed E-state index contributed by atoms with van der Waals surface area (Å²) in [7, 11) is 1.73. The number of nitrogens with zero attached hydrogens (tertiary/aromatic N) is 5. The summed E-state index contributed by atoms with van der Waals surface area (Å²) in [6, 6.07) is 15.7. The Hall–Kier alpha value is -3.80. The van der Waals surface area contributed by atoms with E-state index in [1.165, 1.54) is 0 Å². The fourth-order valence-corrected chi connectivity index (χ4v) is 4.99. The molecular formula is C27H26ClN7O. The van der Waals surface area contributed by atoms with Crippen molar-refractivity contribution in [3.05, 3.63) is 69.7 Å². The molecule has 4 heterocycles. The maximum Gasteiger partial charge on any atom is 0.260 e. The van der Waals surface area contributed by atoms with Crippen LogP contribution in [0.15, 0.2) is 53.5 Å². The summed E-state index contributed by atoms with van der Waals surface area (Å²) in [4.78, 5) is 27.3. The van der Waals surface area contributed by atoms with E-state index in [0.29, 0.717) is 47.3 Å². The van der Waals surface area contributed by atoms with Crippen molar-refractivity contribution in [2.45, 2.75) is 26.3 Å². The summed E-state index contributed by atoms with van der Waals surface area (Å²) in [5.41, 5.74) is 3.53. The number of fused-ring (bicyclic) bond motifs is 1. The van der Waals surface area contributed by atoms with Gasteiger partial charge in [0, 0.05) is 59.1 Å². The van der Waals surface area contributed by atoms with Gasteiger partial charge in [0.15, 0.2) is 0 Å². The highest BCUT2D eigenvalue weighted by Crippen LogP contribution is 2.33. The molecule has 2 N–H and O–H groups in total. The smallest absolute Gasteiger partial charge is 0.260 e. The van der Waals surface area contributed by atoms with E-state index in [4.69, 9.17) is 11.6 Å². The van der Waals surface area contributed by atoms with Gasteiger partial charge >= 0.3 is 0 Å². The lowest BCUT2D eigenvalue weighted by molar-refractivity contribution is 0.374. The van der Waals surface area contributed by atoms with Gasteiger partial charge in [0.2, 0.25) is 5.95 Å². The third-order valence-corrected chi connectivity index (χ3v) is 7.10. The zero-order chi connectivity index (χ0) is 25.3. The quantitative estimate of drug-likeness (QED) is 0.404. The topological polar surface area (TPSA) is 109 Å². The highest BCUT2D eigenvalue weighted by Gasteiger charge is 2.34. The molecule has 36 heavy (non-hydrogen) atoms. The van der Waals surface area contributed by atoms with E-state index in [0.717, 1.165) is 35.3 Å². The number of hydrogen-bond acceptors (Lipinski definition) is 7. The summed E-state index contributed by atoms with van der Waals surface area (Å²) >= 11 is 6.73. The Balaban J connectivity index is 1.62. The minimum Gasteiger partial charge on any atom is -0.357 e. The van der Waals surface area contributed by atoms with Crippen LogP contribution in [0.5, 0.6) is 0 Å². The van der Waals surface area contributed by atoms with Gasteiger partial charge in [-0.05, 0) is 50.6 Å². The van der Waals surface area contributed by atoms with Crippen molar-refractivity contribution in [3.63, 3.8) is 0 Å². The van der Waals surface area contributed by atoms with E-state index in [9.17, 15) is 10.1 Å². The van der Waals surface area contributed by atoms with E-state index < -0.39 is 5.41 Å². The zero-order valence-corrected chi connectivity index (χ0v) is 20.9. The van der Waals surface area contributed by atoms with Crippen molar-refractivity contribution < 1.29 is 0 Å². The Morgan fingerprint density at radius 1 is 1.22 bits per heavy atom. The molecule has 1 atom stereocenters. The van der Waals surface area contributed by atoms with Crippen LogP contribution in [0.3, 0.4) is 0 Å². The number of hydrogen-bond donors (Lipinski definition) is 2. The monoisotopic (exact) mass is 499 g/mol. The Morgan fingerprint density at radius 2 is 2.08 bits per heavy atom. The second-order valence-electron chi connectivity index (χ2n) is 9.17. The fourth-order valence-electron chi connectivity index (χ4n) is 4.71. The Morgan fingerprint density at radius 3 is 2.78 bits per heavy atom. The van der Waals surface area contributed by atoms with Gasteiger partial charge in [0.25, 0.3) is 5.56 Å². The lowest BCUT2D eigenvalue weighted by atomic mass is 9.85. The molecule has 9 heteroatoms. The molecule has 1 fully saturated rings. The van der Waals surface area contributed by atoms with Crippen LogP contribution in [0.2, 0.25) is 5.02 Å². The van der Waals surface area contributed by atoms with Crippen molar-refractivity contribution in [1.82, 2.24) is 24.8 Å². The van der Waals surface area contributed by atoms with E-state index in [2.05, 4.69) is 31.7 Å². The second-order valence-corrected chi connectivity index (χ2v) is 9.57. The van der Waals surface area contributed by atoms with Gasteiger partial charge in [-0.3, -0.25) is 14.3 Å². The zero-order valence-electron chi connectivity index (χ0n) is 20.2. The molecule has 0 bridgehead atoms. The number of nitriles is 1. The maximum absolute atomic E-state index is 13.8. The van der Waals surface area contributed by atoms with Gasteiger partial charge in [-0.1, -0.05) is 29.8 Å². The fraction of sp³-hybridized carbons (Fsp3) is 0.296. The molecular weight excluding hydrogens is 474 g/mol.